The van der Waals surface area contributed by atoms with Crippen molar-refractivity contribution in [2.75, 3.05) is 12.8 Å². The number of nitrogens with one attached hydrogen (secondary N) is 4. The highest BCUT2D eigenvalue weighted by Crippen LogP contribution is 2.33. The van der Waals surface area contributed by atoms with Gasteiger partial charge in [-0.1, -0.05) is 45.4 Å². The number of ketones is 1. The maximum absolute atomic E-state index is 13.6. The molecule has 1 saturated heterocycles. The topological polar surface area (TPSA) is 177 Å². The second-order valence-electron chi connectivity index (χ2n) is 12.9. The van der Waals surface area contributed by atoms with Crippen molar-refractivity contribution in [2.24, 2.45) is 11.3 Å². The summed E-state index contributed by atoms with van der Waals surface area (Å²) in [4.78, 5) is 64.9. The molecule has 3 rings (SSSR count). The Kier molecular flexibility index (Phi) is 11.8. The van der Waals surface area contributed by atoms with Crippen LogP contribution in [0.3, 0.4) is 0 Å². The second-order valence-corrected chi connectivity index (χ2v) is 14.8. The van der Waals surface area contributed by atoms with Gasteiger partial charge in [0.15, 0.2) is 0 Å². The third-order valence-electron chi connectivity index (χ3n) is 7.50. The van der Waals surface area contributed by atoms with Crippen LogP contribution in [0, 0.1) is 11.3 Å². The first-order valence-corrected chi connectivity index (χ1v) is 17.1. The molecule has 1 aliphatic heterocycles. The quantitative estimate of drug-likeness (QED) is 0.164. The van der Waals surface area contributed by atoms with Gasteiger partial charge in [0.25, 0.3) is 5.91 Å². The lowest BCUT2D eigenvalue weighted by atomic mass is 9.87. The fraction of sp³-hybridized carbons (Fsp3) is 0.633. The Hall–Kier alpha value is -3.19. The summed E-state index contributed by atoms with van der Waals surface area (Å²) in [5.74, 6) is -3.76. The van der Waals surface area contributed by atoms with Gasteiger partial charge in [-0.15, -0.1) is 0 Å². The average molecular weight is 655 g/mol. The van der Waals surface area contributed by atoms with E-state index >= 15 is 0 Å². The molecule has 1 aliphatic carbocycles. The monoisotopic (exact) mass is 654 g/mol. The van der Waals surface area contributed by atoms with Crippen molar-refractivity contribution in [2.45, 2.75) is 96.7 Å². The molecule has 4 N–H and O–H groups in total. The van der Waals surface area contributed by atoms with Crippen LogP contribution in [0.2, 0.25) is 5.02 Å². The molecule has 2 fully saturated rings. The maximum Gasteiger partial charge on any atom is 0.306 e. The van der Waals surface area contributed by atoms with Crippen LogP contribution in [-0.2, 0) is 34.1 Å². The van der Waals surface area contributed by atoms with Crippen molar-refractivity contribution in [1.82, 2.24) is 21.3 Å². The van der Waals surface area contributed by atoms with E-state index in [2.05, 4.69) is 21.3 Å². The average Bonchev–Trinajstić information content (AvgIpc) is 3.63. The number of hydrogen-bond acceptors (Lipinski definition) is 8. The predicted octanol–water partition coefficient (Wildman–Crippen LogP) is 2.34. The highest BCUT2D eigenvalue weighted by atomic mass is 35.5. The number of hydrogen-bond donors (Lipinski definition) is 4. The molecule has 1 aromatic rings. The van der Waals surface area contributed by atoms with E-state index in [1.54, 1.807) is 6.07 Å². The third-order valence-corrected chi connectivity index (χ3v) is 8.33. The van der Waals surface area contributed by atoms with Crippen LogP contribution >= 0.6 is 11.6 Å². The van der Waals surface area contributed by atoms with Crippen LogP contribution in [0.5, 0.6) is 5.75 Å². The first-order valence-electron chi connectivity index (χ1n) is 14.9. The van der Waals surface area contributed by atoms with Gasteiger partial charge in [0.1, 0.15) is 11.8 Å². The van der Waals surface area contributed by atoms with Gasteiger partial charge in [0.2, 0.25) is 23.5 Å². The van der Waals surface area contributed by atoms with Gasteiger partial charge in [0.05, 0.1) is 12.3 Å². The minimum atomic E-state index is -3.74. The first kappa shape index (κ1) is 35.3. The Bertz CT molecular complexity index is 1370. The maximum atomic E-state index is 13.6. The van der Waals surface area contributed by atoms with Gasteiger partial charge in [-0.05, 0) is 61.5 Å². The summed E-state index contributed by atoms with van der Waals surface area (Å²) in [5, 5.41) is 11.1. The van der Waals surface area contributed by atoms with Crippen LogP contribution in [0.25, 0.3) is 0 Å². The van der Waals surface area contributed by atoms with Crippen molar-refractivity contribution < 1.29 is 36.6 Å². The molecule has 1 heterocycles. The molecular formula is C30H43ClN4O8S. The summed E-state index contributed by atoms with van der Waals surface area (Å²) in [5.41, 5.74) is 0.219. The summed E-state index contributed by atoms with van der Waals surface area (Å²) in [6.45, 7) is 8.04. The molecular weight excluding hydrogens is 612 g/mol. The Morgan fingerprint density at radius 2 is 1.77 bits per heavy atom. The van der Waals surface area contributed by atoms with Crippen molar-refractivity contribution >= 4 is 51.1 Å². The summed E-state index contributed by atoms with van der Waals surface area (Å²) in [7, 11) is -3.74. The number of Topliss-reactive ketones (excluding diaryl/α,β-unsaturated/α-hetero) is 1. The summed E-state index contributed by atoms with van der Waals surface area (Å²) >= 11 is 6.42. The Morgan fingerprint density at radius 1 is 1.09 bits per heavy atom. The van der Waals surface area contributed by atoms with E-state index in [1.165, 1.54) is 12.1 Å². The zero-order chi connectivity index (χ0) is 32.8. The zero-order valence-corrected chi connectivity index (χ0v) is 27.4. The number of amides is 4. The van der Waals surface area contributed by atoms with Gasteiger partial charge in [-0.2, -0.15) is 8.42 Å². The molecule has 0 aromatic heterocycles. The van der Waals surface area contributed by atoms with Crippen LogP contribution in [-0.4, -0.2) is 68.8 Å². The van der Waals surface area contributed by atoms with Gasteiger partial charge in [-0.3, -0.25) is 24.0 Å². The molecule has 244 valence electrons. The number of rotatable bonds is 15. The molecule has 14 heteroatoms. The summed E-state index contributed by atoms with van der Waals surface area (Å²) < 4.78 is 27.8. The minimum Gasteiger partial charge on any atom is -0.383 e. The Morgan fingerprint density at radius 3 is 2.30 bits per heavy atom. The Balaban J connectivity index is 1.75. The fourth-order valence-electron chi connectivity index (χ4n) is 5.14. The second kappa shape index (κ2) is 14.7. The highest BCUT2D eigenvalue weighted by molar-refractivity contribution is 7.86. The van der Waals surface area contributed by atoms with E-state index in [1.807, 2.05) is 27.7 Å². The third kappa shape index (κ3) is 11.1. The normalized spacial score (nSPS) is 18.9. The van der Waals surface area contributed by atoms with Gasteiger partial charge in [0, 0.05) is 36.0 Å². The Labute approximate surface area is 263 Å². The number of carbonyl (C=O) groups excluding carboxylic acids is 5. The first-order chi connectivity index (χ1) is 20.5. The highest BCUT2D eigenvalue weighted by Gasteiger charge is 2.37. The lowest BCUT2D eigenvalue weighted by Gasteiger charge is -2.29. The molecule has 2 aliphatic rings. The largest absolute Gasteiger partial charge is 0.383 e. The van der Waals surface area contributed by atoms with Crippen molar-refractivity contribution in [3.05, 3.63) is 28.8 Å². The standard InChI is InChI=1S/C30H43ClN4O8S/c1-6-17(21-10-9-20(15-22(21)31)43-44(5,41)42)14-25(36)34-24(16-30(2,3)4)28(39)35-23(13-18-11-12-32-27(18)38)26(37)29(40)33-19-7-8-19/h9-10,15,17-19,23-24H,6-8,11-14,16H2,1-5H3,(H,32,38)(H,33,40)(H,34,36)(H,35,39)/t17-,18-,23?,24-/m0/s1. The van der Waals surface area contributed by atoms with Crippen LogP contribution in [0.1, 0.15) is 84.1 Å². The van der Waals surface area contributed by atoms with Crippen LogP contribution in [0.15, 0.2) is 18.2 Å². The molecule has 0 bridgehead atoms. The van der Waals surface area contributed by atoms with E-state index in [0.29, 0.717) is 24.9 Å². The molecule has 12 nitrogen and oxygen atoms in total. The van der Waals surface area contributed by atoms with Crippen LogP contribution < -0.4 is 25.5 Å². The SMILES string of the molecule is CC[C@@H](CC(=O)N[C@@H](CC(C)(C)C)C(=O)NC(C[C@@H]1CCNC1=O)C(=O)C(=O)NC1CC1)c1ccc(OS(C)(=O)=O)cc1Cl. The molecule has 0 radical (unpaired) electrons. The van der Waals surface area contributed by atoms with E-state index in [9.17, 15) is 32.4 Å². The van der Waals surface area contributed by atoms with E-state index < -0.39 is 57.0 Å². The molecule has 4 atom stereocenters. The lowest BCUT2D eigenvalue weighted by Crippen LogP contribution is -2.55. The molecule has 1 unspecified atom stereocenters. The van der Waals surface area contributed by atoms with Gasteiger partial charge < -0.3 is 25.5 Å². The van der Waals surface area contributed by atoms with E-state index in [4.69, 9.17) is 15.8 Å². The predicted molar refractivity (Wildman–Crippen MR) is 164 cm³/mol. The van der Waals surface area contributed by atoms with Crippen molar-refractivity contribution in [3.63, 3.8) is 0 Å². The minimum absolute atomic E-state index is 0.0230. The van der Waals surface area contributed by atoms with Crippen molar-refractivity contribution in [3.8, 4) is 5.75 Å². The number of carbonyl (C=O) groups is 5. The summed E-state index contributed by atoms with van der Waals surface area (Å²) in [6, 6.07) is 2.11. The summed E-state index contributed by atoms with van der Waals surface area (Å²) in [6.07, 6.45) is 3.67. The zero-order valence-electron chi connectivity index (χ0n) is 25.8. The number of benzene rings is 1. The van der Waals surface area contributed by atoms with E-state index in [0.717, 1.165) is 19.1 Å². The van der Waals surface area contributed by atoms with E-state index in [-0.39, 0.29) is 47.9 Å². The van der Waals surface area contributed by atoms with Gasteiger partial charge >= 0.3 is 10.1 Å². The molecule has 1 saturated carbocycles. The molecule has 1 aromatic carbocycles. The molecule has 0 spiro atoms. The fourth-order valence-corrected chi connectivity index (χ4v) is 5.92. The molecule has 44 heavy (non-hydrogen) atoms. The lowest BCUT2D eigenvalue weighted by molar-refractivity contribution is -0.141. The smallest absolute Gasteiger partial charge is 0.306 e. The van der Waals surface area contributed by atoms with Gasteiger partial charge in [-0.25, -0.2) is 0 Å². The van der Waals surface area contributed by atoms with Crippen LogP contribution in [0.4, 0.5) is 0 Å². The number of halogens is 1. The van der Waals surface area contributed by atoms with Crippen molar-refractivity contribution in [1.29, 1.82) is 0 Å². The molecule has 4 amide bonds.